The van der Waals surface area contributed by atoms with Gasteiger partial charge in [-0.15, -0.1) is 0 Å². The highest BCUT2D eigenvalue weighted by Crippen LogP contribution is 2.19. The van der Waals surface area contributed by atoms with E-state index >= 15 is 0 Å². The molecule has 3 heterocycles. The number of likely N-dealkylation sites (N-methyl/N-ethyl adjacent to an activating group) is 1. The van der Waals surface area contributed by atoms with Crippen molar-refractivity contribution < 1.29 is 0 Å². The molecule has 0 amide bonds. The van der Waals surface area contributed by atoms with Gasteiger partial charge in [-0.05, 0) is 72.4 Å². The van der Waals surface area contributed by atoms with Crippen molar-refractivity contribution in [1.82, 2.24) is 20.0 Å². The van der Waals surface area contributed by atoms with E-state index in [1.807, 2.05) is 0 Å². The maximum atomic E-state index is 3.53. The Labute approximate surface area is 150 Å². The van der Waals surface area contributed by atoms with E-state index in [0.717, 1.165) is 6.04 Å². The van der Waals surface area contributed by atoms with Gasteiger partial charge in [0.1, 0.15) is 0 Å². The molecule has 0 radical (unpaired) electrons. The lowest BCUT2D eigenvalue weighted by atomic mass is 10.1. The van der Waals surface area contributed by atoms with Crippen molar-refractivity contribution in [3.8, 4) is 0 Å². The highest BCUT2D eigenvalue weighted by Gasteiger charge is 2.24. The number of nitrogens with one attached hydrogen (secondary N) is 1. The Morgan fingerprint density at radius 3 is 2.54 bits per heavy atom. The second kappa shape index (κ2) is 11.5. The zero-order valence-corrected chi connectivity index (χ0v) is 16.6. The molecule has 0 spiro atoms. The number of unbranched alkanes of at least 4 members (excludes halogenated alkanes) is 1. The third-order valence-electron chi connectivity index (χ3n) is 5.94. The van der Waals surface area contributed by atoms with Gasteiger partial charge in [-0.25, -0.2) is 0 Å². The molecule has 2 atom stereocenters. The van der Waals surface area contributed by atoms with Crippen LogP contribution < -0.4 is 5.32 Å². The topological polar surface area (TPSA) is 21.8 Å². The quantitative estimate of drug-likeness (QED) is 0.854. The van der Waals surface area contributed by atoms with Crippen molar-refractivity contribution in [3.63, 3.8) is 0 Å². The van der Waals surface area contributed by atoms with Crippen LogP contribution in [0.3, 0.4) is 0 Å². The number of nitrogens with zero attached hydrogens (tertiary/aromatic N) is 3. The second-order valence-corrected chi connectivity index (χ2v) is 8.10. The minimum atomic E-state index is 0.656. The summed E-state index contributed by atoms with van der Waals surface area (Å²) in [5.74, 6) is 0. The van der Waals surface area contributed by atoms with Gasteiger partial charge in [-0.2, -0.15) is 0 Å². The molecular formula is C20H42N4. The Morgan fingerprint density at radius 2 is 1.75 bits per heavy atom. The summed E-state index contributed by atoms with van der Waals surface area (Å²) in [6, 6.07) is 0.870. The zero-order chi connectivity index (χ0) is 17.2. The van der Waals surface area contributed by atoms with Gasteiger partial charge in [0, 0.05) is 19.1 Å². The predicted molar refractivity (Wildman–Crippen MR) is 105 cm³/mol. The first-order valence-electron chi connectivity index (χ1n) is 10.6. The summed E-state index contributed by atoms with van der Waals surface area (Å²) < 4.78 is 0. The molecule has 0 bridgehead atoms. The van der Waals surface area contributed by atoms with E-state index in [4.69, 9.17) is 0 Å². The van der Waals surface area contributed by atoms with E-state index in [-0.39, 0.29) is 0 Å². The molecule has 0 aromatic carbocycles. The second-order valence-electron chi connectivity index (χ2n) is 8.10. The van der Waals surface area contributed by atoms with Crippen molar-refractivity contribution in [3.05, 3.63) is 0 Å². The van der Waals surface area contributed by atoms with Crippen LogP contribution in [0.2, 0.25) is 0 Å². The van der Waals surface area contributed by atoms with Crippen molar-refractivity contribution in [2.24, 2.45) is 0 Å². The number of hydrogen-bond acceptors (Lipinski definition) is 4. The van der Waals surface area contributed by atoms with Crippen LogP contribution in [0.1, 0.15) is 64.7 Å². The first kappa shape index (κ1) is 20.2. The van der Waals surface area contributed by atoms with Crippen molar-refractivity contribution in [2.75, 3.05) is 53.4 Å². The Balaban J connectivity index is 0.000000177. The van der Waals surface area contributed by atoms with Crippen molar-refractivity contribution in [2.45, 2.75) is 76.9 Å². The fraction of sp³-hybridized carbons (Fsp3) is 1.00. The van der Waals surface area contributed by atoms with Gasteiger partial charge in [0.15, 0.2) is 0 Å². The van der Waals surface area contributed by atoms with Crippen LogP contribution in [0.4, 0.5) is 0 Å². The van der Waals surface area contributed by atoms with Crippen LogP contribution in [0, 0.1) is 0 Å². The summed E-state index contributed by atoms with van der Waals surface area (Å²) in [6.07, 6.45) is 13.1. The van der Waals surface area contributed by atoms with Gasteiger partial charge in [0.25, 0.3) is 0 Å². The molecule has 0 aromatic heterocycles. The van der Waals surface area contributed by atoms with Crippen LogP contribution in [-0.4, -0.2) is 80.3 Å². The molecule has 142 valence electrons. The average molecular weight is 339 g/mol. The number of fused-ring (bicyclic) bond motifs is 1. The average Bonchev–Trinajstić information content (AvgIpc) is 2.89. The number of rotatable bonds is 3. The molecule has 3 saturated heterocycles. The minimum absolute atomic E-state index is 0.656. The Morgan fingerprint density at radius 1 is 0.917 bits per heavy atom. The summed E-state index contributed by atoms with van der Waals surface area (Å²) in [4.78, 5) is 7.67. The van der Waals surface area contributed by atoms with E-state index in [2.05, 4.69) is 41.0 Å². The lowest BCUT2D eigenvalue weighted by Crippen LogP contribution is -2.49. The fourth-order valence-electron chi connectivity index (χ4n) is 4.36. The summed E-state index contributed by atoms with van der Waals surface area (Å²) in [6.45, 7) is 10.0. The van der Waals surface area contributed by atoms with Gasteiger partial charge in [0.05, 0.1) is 6.17 Å². The fourth-order valence-corrected chi connectivity index (χ4v) is 4.36. The molecule has 3 fully saturated rings. The summed E-state index contributed by atoms with van der Waals surface area (Å²) >= 11 is 0. The maximum Gasteiger partial charge on any atom is 0.0594 e. The van der Waals surface area contributed by atoms with Crippen LogP contribution in [-0.2, 0) is 0 Å². The first-order chi connectivity index (χ1) is 11.7. The molecule has 3 aliphatic rings. The molecule has 3 aliphatic heterocycles. The highest BCUT2D eigenvalue weighted by molar-refractivity contribution is 4.80. The SMILES string of the molecule is CCCCC1NCCCN1C.CN1CCCN2CCCCCC2C1. The number of hydrogen-bond donors (Lipinski definition) is 1. The molecular weight excluding hydrogens is 296 g/mol. The van der Waals surface area contributed by atoms with Gasteiger partial charge in [-0.1, -0.05) is 32.6 Å². The molecule has 1 N–H and O–H groups in total. The smallest absolute Gasteiger partial charge is 0.0594 e. The third kappa shape index (κ3) is 6.99. The Kier molecular flexibility index (Phi) is 9.62. The Hall–Kier alpha value is -0.160. The van der Waals surface area contributed by atoms with E-state index < -0.39 is 0 Å². The van der Waals surface area contributed by atoms with E-state index in [1.54, 1.807) is 0 Å². The predicted octanol–water partition coefficient (Wildman–Crippen LogP) is 2.99. The van der Waals surface area contributed by atoms with Gasteiger partial charge in [0.2, 0.25) is 0 Å². The van der Waals surface area contributed by atoms with Crippen LogP contribution in [0.25, 0.3) is 0 Å². The third-order valence-corrected chi connectivity index (χ3v) is 5.94. The molecule has 2 unspecified atom stereocenters. The minimum Gasteiger partial charge on any atom is -0.305 e. The highest BCUT2D eigenvalue weighted by atomic mass is 15.3. The first-order valence-corrected chi connectivity index (χ1v) is 10.6. The van der Waals surface area contributed by atoms with Crippen molar-refractivity contribution in [1.29, 1.82) is 0 Å². The van der Waals surface area contributed by atoms with E-state index in [9.17, 15) is 0 Å². The van der Waals surface area contributed by atoms with Crippen LogP contribution in [0.5, 0.6) is 0 Å². The summed E-state index contributed by atoms with van der Waals surface area (Å²) in [5, 5.41) is 3.53. The lowest BCUT2D eigenvalue weighted by molar-refractivity contribution is 0.154. The van der Waals surface area contributed by atoms with E-state index in [0.29, 0.717) is 6.17 Å². The molecule has 4 nitrogen and oxygen atoms in total. The summed E-state index contributed by atoms with van der Waals surface area (Å²) in [5.41, 5.74) is 0. The Bertz CT molecular complexity index is 323. The largest absolute Gasteiger partial charge is 0.305 e. The monoisotopic (exact) mass is 338 g/mol. The van der Waals surface area contributed by atoms with Crippen LogP contribution >= 0.6 is 0 Å². The molecule has 24 heavy (non-hydrogen) atoms. The normalized spacial score (nSPS) is 30.6. The molecule has 0 saturated carbocycles. The van der Waals surface area contributed by atoms with E-state index in [1.165, 1.54) is 97.1 Å². The van der Waals surface area contributed by atoms with Crippen molar-refractivity contribution >= 4 is 0 Å². The van der Waals surface area contributed by atoms with Gasteiger partial charge >= 0.3 is 0 Å². The van der Waals surface area contributed by atoms with Gasteiger partial charge < -0.3 is 10.2 Å². The van der Waals surface area contributed by atoms with Gasteiger partial charge in [-0.3, -0.25) is 9.80 Å². The van der Waals surface area contributed by atoms with Crippen LogP contribution in [0.15, 0.2) is 0 Å². The zero-order valence-electron chi connectivity index (χ0n) is 16.6. The molecule has 0 aliphatic carbocycles. The lowest BCUT2D eigenvalue weighted by Gasteiger charge is -2.33. The maximum absolute atomic E-state index is 3.53. The standard InChI is InChI=1S/C11H22N2.C9H20N2/c1-12-7-5-9-13-8-4-2-3-6-11(13)10-12;1-3-4-6-9-10-7-5-8-11(9)2/h11H,2-10H2,1H3;9-10H,3-8H2,1-2H3. The summed E-state index contributed by atoms with van der Waals surface area (Å²) in [7, 11) is 4.49. The molecule has 0 aromatic rings. The molecule has 4 heteroatoms. The molecule has 3 rings (SSSR count).